The third kappa shape index (κ3) is 6.71. The SMILES string of the molecule is CCOc1cc(NC(=O)c2ccc(COc3ccc(C(C)(C)C)cc3)o2)ccc1OC(F)F. The molecular weight excluding hydrogens is 432 g/mol. The lowest BCUT2D eigenvalue weighted by molar-refractivity contribution is -0.0514. The first kappa shape index (κ1) is 24.1. The van der Waals surface area contributed by atoms with Crippen LogP contribution in [0.3, 0.4) is 0 Å². The van der Waals surface area contributed by atoms with Gasteiger partial charge in [0.05, 0.1) is 6.61 Å². The minimum atomic E-state index is -2.98. The monoisotopic (exact) mass is 459 g/mol. The Kier molecular flexibility index (Phi) is 7.58. The molecule has 0 fully saturated rings. The van der Waals surface area contributed by atoms with Gasteiger partial charge in [-0.15, -0.1) is 0 Å². The van der Waals surface area contributed by atoms with Crippen LogP contribution in [-0.4, -0.2) is 19.1 Å². The number of halogens is 2. The zero-order chi connectivity index (χ0) is 24.0. The highest BCUT2D eigenvalue weighted by molar-refractivity contribution is 6.02. The summed E-state index contributed by atoms with van der Waals surface area (Å²) in [5.74, 6) is 0.749. The summed E-state index contributed by atoms with van der Waals surface area (Å²) in [6.45, 7) is 5.56. The van der Waals surface area contributed by atoms with E-state index in [1.165, 1.54) is 29.8 Å². The summed E-state index contributed by atoms with van der Waals surface area (Å²) in [7, 11) is 0. The van der Waals surface area contributed by atoms with Crippen LogP contribution >= 0.6 is 0 Å². The number of alkyl halides is 2. The quantitative estimate of drug-likeness (QED) is 0.400. The fourth-order valence-electron chi connectivity index (χ4n) is 3.02. The van der Waals surface area contributed by atoms with Gasteiger partial charge >= 0.3 is 6.61 Å². The first-order valence-electron chi connectivity index (χ1n) is 10.5. The van der Waals surface area contributed by atoms with Crippen LogP contribution in [-0.2, 0) is 12.0 Å². The van der Waals surface area contributed by atoms with Gasteiger partial charge in [-0.2, -0.15) is 8.78 Å². The number of amides is 1. The lowest BCUT2D eigenvalue weighted by atomic mass is 9.87. The summed E-state index contributed by atoms with van der Waals surface area (Å²) in [6.07, 6.45) is 0. The Balaban J connectivity index is 1.61. The van der Waals surface area contributed by atoms with Crippen LogP contribution in [0.25, 0.3) is 0 Å². The molecule has 0 aliphatic rings. The van der Waals surface area contributed by atoms with E-state index in [0.717, 1.165) is 0 Å². The van der Waals surface area contributed by atoms with Crippen LogP contribution in [0, 0.1) is 0 Å². The van der Waals surface area contributed by atoms with Gasteiger partial charge in [0.15, 0.2) is 17.3 Å². The minimum absolute atomic E-state index is 0.0570. The number of hydrogen-bond donors (Lipinski definition) is 1. The molecule has 3 rings (SSSR count). The average Bonchev–Trinajstić information content (AvgIpc) is 3.23. The molecule has 0 radical (unpaired) electrons. The minimum Gasteiger partial charge on any atom is -0.490 e. The molecule has 0 aliphatic carbocycles. The summed E-state index contributed by atoms with van der Waals surface area (Å²) in [5, 5.41) is 2.65. The molecule has 176 valence electrons. The van der Waals surface area contributed by atoms with E-state index >= 15 is 0 Å². The second kappa shape index (κ2) is 10.4. The van der Waals surface area contributed by atoms with E-state index in [1.807, 2.05) is 24.3 Å². The highest BCUT2D eigenvalue weighted by Crippen LogP contribution is 2.32. The number of hydrogen-bond acceptors (Lipinski definition) is 5. The van der Waals surface area contributed by atoms with Crippen molar-refractivity contribution in [3.8, 4) is 17.2 Å². The molecule has 0 unspecified atom stereocenters. The van der Waals surface area contributed by atoms with Crippen molar-refractivity contribution in [2.75, 3.05) is 11.9 Å². The van der Waals surface area contributed by atoms with E-state index < -0.39 is 12.5 Å². The number of anilines is 1. The second-order valence-corrected chi connectivity index (χ2v) is 8.26. The van der Waals surface area contributed by atoms with E-state index in [-0.39, 0.29) is 35.9 Å². The summed E-state index contributed by atoms with van der Waals surface area (Å²) in [6, 6.07) is 15.2. The van der Waals surface area contributed by atoms with Crippen molar-refractivity contribution in [1.29, 1.82) is 0 Å². The van der Waals surface area contributed by atoms with Gasteiger partial charge in [0.25, 0.3) is 5.91 Å². The van der Waals surface area contributed by atoms with Crippen molar-refractivity contribution in [1.82, 2.24) is 0 Å². The van der Waals surface area contributed by atoms with Crippen molar-refractivity contribution in [3.05, 3.63) is 71.7 Å². The Morgan fingerprint density at radius 2 is 1.73 bits per heavy atom. The van der Waals surface area contributed by atoms with Crippen LogP contribution in [0.2, 0.25) is 0 Å². The van der Waals surface area contributed by atoms with Crippen LogP contribution < -0.4 is 19.5 Å². The maximum absolute atomic E-state index is 12.5. The largest absolute Gasteiger partial charge is 0.490 e. The van der Waals surface area contributed by atoms with Crippen LogP contribution in [0.5, 0.6) is 17.2 Å². The molecule has 6 nitrogen and oxygen atoms in total. The number of carbonyl (C=O) groups is 1. The first-order chi connectivity index (χ1) is 15.7. The van der Waals surface area contributed by atoms with Gasteiger partial charge < -0.3 is 23.9 Å². The maximum Gasteiger partial charge on any atom is 0.387 e. The summed E-state index contributed by atoms with van der Waals surface area (Å²) < 4.78 is 46.2. The van der Waals surface area contributed by atoms with E-state index in [2.05, 4.69) is 30.8 Å². The predicted octanol–water partition coefficient (Wildman–Crippen LogP) is 6.41. The molecule has 0 saturated carbocycles. The molecule has 0 saturated heterocycles. The van der Waals surface area contributed by atoms with Gasteiger partial charge in [0.2, 0.25) is 0 Å². The molecule has 0 bridgehead atoms. The molecule has 0 aliphatic heterocycles. The van der Waals surface area contributed by atoms with Gasteiger partial charge in [-0.05, 0) is 54.3 Å². The Labute approximate surface area is 191 Å². The number of ether oxygens (including phenoxy) is 3. The van der Waals surface area contributed by atoms with Gasteiger partial charge in [-0.3, -0.25) is 4.79 Å². The Morgan fingerprint density at radius 1 is 1.00 bits per heavy atom. The molecule has 0 atom stereocenters. The van der Waals surface area contributed by atoms with E-state index in [4.69, 9.17) is 13.9 Å². The second-order valence-electron chi connectivity index (χ2n) is 8.26. The summed E-state index contributed by atoms with van der Waals surface area (Å²) in [5.41, 5.74) is 1.60. The lowest BCUT2D eigenvalue weighted by Crippen LogP contribution is -2.11. The molecule has 8 heteroatoms. The van der Waals surface area contributed by atoms with Crippen molar-refractivity contribution in [2.45, 2.75) is 46.3 Å². The Hall–Kier alpha value is -3.55. The highest BCUT2D eigenvalue weighted by Gasteiger charge is 2.16. The average molecular weight is 459 g/mol. The predicted molar refractivity (Wildman–Crippen MR) is 120 cm³/mol. The highest BCUT2D eigenvalue weighted by atomic mass is 19.3. The smallest absolute Gasteiger partial charge is 0.387 e. The third-order valence-corrected chi connectivity index (χ3v) is 4.70. The van der Waals surface area contributed by atoms with Gasteiger partial charge in [-0.1, -0.05) is 32.9 Å². The number of furan rings is 1. The Bertz CT molecular complexity index is 1070. The van der Waals surface area contributed by atoms with Crippen molar-refractivity contribution >= 4 is 11.6 Å². The standard InChI is InChI=1S/C25H27F2NO5/c1-5-30-22-14-17(8-12-20(22)33-24(26)27)28-23(29)21-13-11-19(32-21)15-31-18-9-6-16(7-10-18)25(2,3)4/h6-14,24H,5,15H2,1-4H3,(H,28,29). The molecule has 0 spiro atoms. The molecule has 3 aromatic rings. The molecule has 1 aromatic heterocycles. The van der Waals surface area contributed by atoms with E-state index in [9.17, 15) is 13.6 Å². The number of benzene rings is 2. The van der Waals surface area contributed by atoms with Gasteiger partial charge in [-0.25, -0.2) is 0 Å². The first-order valence-corrected chi connectivity index (χ1v) is 10.5. The summed E-state index contributed by atoms with van der Waals surface area (Å²) >= 11 is 0. The zero-order valence-electron chi connectivity index (χ0n) is 19.0. The topological polar surface area (TPSA) is 69.9 Å². The van der Waals surface area contributed by atoms with Crippen molar-refractivity contribution in [2.24, 2.45) is 0 Å². The van der Waals surface area contributed by atoms with Crippen molar-refractivity contribution < 1.29 is 32.2 Å². The van der Waals surface area contributed by atoms with Crippen LogP contribution in [0.15, 0.2) is 59.0 Å². The molecule has 2 aromatic carbocycles. The normalized spacial score (nSPS) is 11.4. The molecule has 33 heavy (non-hydrogen) atoms. The van der Waals surface area contributed by atoms with Crippen molar-refractivity contribution in [3.63, 3.8) is 0 Å². The van der Waals surface area contributed by atoms with Crippen LogP contribution in [0.4, 0.5) is 14.5 Å². The number of rotatable bonds is 9. The van der Waals surface area contributed by atoms with Gasteiger partial charge in [0.1, 0.15) is 18.1 Å². The molecular formula is C25H27F2NO5. The zero-order valence-corrected chi connectivity index (χ0v) is 19.0. The number of carbonyl (C=O) groups excluding carboxylic acids is 1. The van der Waals surface area contributed by atoms with Crippen LogP contribution in [0.1, 0.15) is 49.6 Å². The van der Waals surface area contributed by atoms with Gasteiger partial charge in [0, 0.05) is 11.8 Å². The molecule has 1 N–H and O–H groups in total. The van der Waals surface area contributed by atoms with E-state index in [1.54, 1.807) is 13.0 Å². The van der Waals surface area contributed by atoms with E-state index in [0.29, 0.717) is 17.2 Å². The lowest BCUT2D eigenvalue weighted by Gasteiger charge is -2.19. The summed E-state index contributed by atoms with van der Waals surface area (Å²) in [4.78, 5) is 12.5. The number of nitrogens with one attached hydrogen (secondary N) is 1. The Morgan fingerprint density at radius 3 is 2.36 bits per heavy atom. The third-order valence-electron chi connectivity index (χ3n) is 4.70. The fraction of sp³-hybridized carbons (Fsp3) is 0.320. The molecule has 1 heterocycles. The molecule has 1 amide bonds. The fourth-order valence-corrected chi connectivity index (χ4v) is 3.02. The maximum atomic E-state index is 12.5.